The van der Waals surface area contributed by atoms with Crippen LogP contribution in [0.15, 0.2) is 0 Å². The number of H-pyrrole nitrogens is 1. The third kappa shape index (κ3) is 1.83. The second-order valence-electron chi connectivity index (χ2n) is 2.51. The van der Waals surface area contributed by atoms with Crippen molar-refractivity contribution in [2.24, 2.45) is 5.73 Å². The van der Waals surface area contributed by atoms with Crippen LogP contribution in [-0.4, -0.2) is 15.2 Å². The van der Waals surface area contributed by atoms with Gasteiger partial charge in [-0.25, -0.2) is 4.98 Å². The molecule has 0 bridgehead atoms. The van der Waals surface area contributed by atoms with Gasteiger partial charge in [0, 0.05) is 12.8 Å². The van der Waals surface area contributed by atoms with Gasteiger partial charge in [0.2, 0.25) is 0 Å². The smallest absolute Gasteiger partial charge is 0.168 e. The summed E-state index contributed by atoms with van der Waals surface area (Å²) in [7, 11) is 0. The van der Waals surface area contributed by atoms with Crippen LogP contribution in [-0.2, 0) is 6.42 Å². The highest BCUT2D eigenvalue weighted by molar-refractivity contribution is 5.00. The molecule has 0 aliphatic carbocycles. The van der Waals surface area contributed by atoms with Gasteiger partial charge >= 0.3 is 0 Å². The Labute approximate surface area is 71.6 Å². The third-order valence-electron chi connectivity index (χ3n) is 1.55. The first-order valence-electron chi connectivity index (χ1n) is 3.88. The summed E-state index contributed by atoms with van der Waals surface area (Å²) >= 11 is 0. The van der Waals surface area contributed by atoms with Crippen molar-refractivity contribution in [1.29, 1.82) is 0 Å². The third-order valence-corrected chi connectivity index (χ3v) is 1.55. The van der Waals surface area contributed by atoms with Crippen molar-refractivity contribution in [1.82, 2.24) is 15.2 Å². The van der Waals surface area contributed by atoms with Crippen molar-refractivity contribution < 1.29 is 0 Å². The lowest BCUT2D eigenvalue weighted by Crippen LogP contribution is -2.11. The van der Waals surface area contributed by atoms with Crippen molar-refractivity contribution in [2.75, 3.05) is 0 Å². The predicted octanol–water partition coefficient (Wildman–Crippen LogP) is 0.390. The molecule has 0 saturated carbocycles. The zero-order chi connectivity index (χ0) is 8.97. The Morgan fingerprint density at radius 3 is 3.00 bits per heavy atom. The second kappa shape index (κ2) is 3.88. The highest BCUT2D eigenvalue weighted by Crippen LogP contribution is 2.07. The maximum atomic E-state index is 5.69. The summed E-state index contributed by atoms with van der Waals surface area (Å²) in [5, 5.41) is 6.73. The Balaban J connectivity index is 2.69. The molecule has 1 aromatic heterocycles. The molecule has 1 rings (SSSR count). The van der Waals surface area contributed by atoms with Gasteiger partial charge in [-0.3, -0.25) is 5.10 Å². The fourth-order valence-electron chi connectivity index (χ4n) is 0.852. The number of nitrogens with one attached hydrogen (secondary N) is 1. The van der Waals surface area contributed by atoms with E-state index in [1.165, 1.54) is 0 Å². The number of nitrogens with zero attached hydrogens (tertiary/aromatic N) is 2. The van der Waals surface area contributed by atoms with Crippen LogP contribution in [0.3, 0.4) is 0 Å². The van der Waals surface area contributed by atoms with Crippen molar-refractivity contribution in [3.63, 3.8) is 0 Å². The van der Waals surface area contributed by atoms with Crippen molar-refractivity contribution in [3.05, 3.63) is 11.6 Å². The molecule has 3 N–H and O–H groups in total. The largest absolute Gasteiger partial charge is 0.320 e. The molecule has 1 unspecified atom stereocenters. The molecule has 0 fully saturated rings. The molecule has 0 spiro atoms. The summed E-state index contributed by atoms with van der Waals surface area (Å²) < 4.78 is 0. The van der Waals surface area contributed by atoms with Crippen LogP contribution < -0.4 is 5.73 Å². The molecule has 1 atom stereocenters. The molecule has 12 heavy (non-hydrogen) atoms. The molecule has 0 radical (unpaired) electrons. The normalized spacial score (nSPS) is 12.4. The van der Waals surface area contributed by atoms with Gasteiger partial charge in [0.1, 0.15) is 5.82 Å². The van der Waals surface area contributed by atoms with E-state index in [0.29, 0.717) is 12.2 Å². The minimum atomic E-state index is -0.244. The number of aromatic amines is 1. The summed E-state index contributed by atoms with van der Waals surface area (Å²) in [6, 6.07) is -0.244. The summed E-state index contributed by atoms with van der Waals surface area (Å²) in [5.74, 6) is 3.92. The topological polar surface area (TPSA) is 67.6 Å². The van der Waals surface area contributed by atoms with Crippen LogP contribution in [0.25, 0.3) is 0 Å². The number of nitrogens with two attached hydrogens (primary N) is 1. The Morgan fingerprint density at radius 1 is 1.75 bits per heavy atom. The minimum Gasteiger partial charge on any atom is -0.320 e. The molecule has 4 heteroatoms. The van der Waals surface area contributed by atoms with Crippen molar-refractivity contribution in [2.45, 2.75) is 25.8 Å². The lowest BCUT2D eigenvalue weighted by atomic mass is 10.2. The van der Waals surface area contributed by atoms with Crippen LogP contribution in [0, 0.1) is 12.3 Å². The standard InChI is InChI=1S/C8H12N4/c1-3-5-6(9)8-10-7(4-2)11-12-8/h1,6H,4-5,9H2,2H3,(H,10,11,12). The number of aryl methyl sites for hydroxylation is 1. The van der Waals surface area contributed by atoms with Gasteiger partial charge in [-0.1, -0.05) is 6.92 Å². The van der Waals surface area contributed by atoms with E-state index in [-0.39, 0.29) is 6.04 Å². The first-order chi connectivity index (χ1) is 5.77. The predicted molar refractivity (Wildman–Crippen MR) is 46.1 cm³/mol. The first kappa shape index (κ1) is 8.75. The molecule has 0 aromatic carbocycles. The van der Waals surface area contributed by atoms with Gasteiger partial charge in [0.15, 0.2) is 5.82 Å². The van der Waals surface area contributed by atoms with E-state index < -0.39 is 0 Å². The first-order valence-corrected chi connectivity index (χ1v) is 3.88. The average Bonchev–Trinajstić information content (AvgIpc) is 2.52. The van der Waals surface area contributed by atoms with Gasteiger partial charge < -0.3 is 5.73 Å². The van der Waals surface area contributed by atoms with E-state index >= 15 is 0 Å². The number of hydrogen-bond donors (Lipinski definition) is 2. The molecule has 0 aliphatic rings. The zero-order valence-corrected chi connectivity index (χ0v) is 7.04. The SMILES string of the molecule is C#CCC(N)c1n[nH]c(CC)n1. The van der Waals surface area contributed by atoms with Gasteiger partial charge in [-0.05, 0) is 0 Å². The maximum absolute atomic E-state index is 5.69. The Kier molecular flexibility index (Phi) is 2.83. The molecule has 0 aliphatic heterocycles. The molecule has 4 nitrogen and oxygen atoms in total. The van der Waals surface area contributed by atoms with Crippen molar-refractivity contribution in [3.8, 4) is 12.3 Å². The Morgan fingerprint density at radius 2 is 2.50 bits per heavy atom. The van der Waals surface area contributed by atoms with Gasteiger partial charge in [0.05, 0.1) is 6.04 Å². The van der Waals surface area contributed by atoms with Crippen molar-refractivity contribution >= 4 is 0 Å². The summed E-state index contributed by atoms with van der Waals surface area (Å²) in [5.41, 5.74) is 5.69. The zero-order valence-electron chi connectivity index (χ0n) is 7.04. The van der Waals surface area contributed by atoms with Gasteiger partial charge in [-0.2, -0.15) is 5.10 Å². The summed E-state index contributed by atoms with van der Waals surface area (Å²) in [4.78, 5) is 4.16. The van der Waals surface area contributed by atoms with Crippen LogP contribution >= 0.6 is 0 Å². The van der Waals surface area contributed by atoms with Crippen LogP contribution in [0.2, 0.25) is 0 Å². The van der Waals surface area contributed by atoms with Crippen LogP contribution in [0.1, 0.15) is 31.0 Å². The number of hydrogen-bond acceptors (Lipinski definition) is 3. The lowest BCUT2D eigenvalue weighted by molar-refractivity contribution is 0.695. The molecular weight excluding hydrogens is 152 g/mol. The Bertz CT molecular complexity index is 283. The molecule has 0 saturated heterocycles. The van der Waals surface area contributed by atoms with Crippen LogP contribution in [0.4, 0.5) is 0 Å². The lowest BCUT2D eigenvalue weighted by Gasteiger charge is -1.99. The van der Waals surface area contributed by atoms with E-state index in [1.807, 2.05) is 6.92 Å². The highest BCUT2D eigenvalue weighted by Gasteiger charge is 2.09. The minimum absolute atomic E-state index is 0.244. The van der Waals surface area contributed by atoms with E-state index in [4.69, 9.17) is 12.2 Å². The second-order valence-corrected chi connectivity index (χ2v) is 2.51. The molecule has 64 valence electrons. The molecular formula is C8H12N4. The number of aromatic nitrogens is 3. The monoisotopic (exact) mass is 164 g/mol. The highest BCUT2D eigenvalue weighted by atomic mass is 15.2. The van der Waals surface area contributed by atoms with E-state index in [9.17, 15) is 0 Å². The Hall–Kier alpha value is -1.34. The average molecular weight is 164 g/mol. The fraction of sp³-hybridized carbons (Fsp3) is 0.500. The summed E-state index contributed by atoms with van der Waals surface area (Å²) in [6.45, 7) is 2.00. The van der Waals surface area contributed by atoms with E-state index in [0.717, 1.165) is 12.2 Å². The molecule has 1 heterocycles. The summed E-state index contributed by atoms with van der Waals surface area (Å²) in [6.07, 6.45) is 6.41. The van der Waals surface area contributed by atoms with E-state index in [2.05, 4.69) is 21.1 Å². The van der Waals surface area contributed by atoms with Gasteiger partial charge in [-0.15, -0.1) is 12.3 Å². The quantitative estimate of drug-likeness (QED) is 0.635. The van der Waals surface area contributed by atoms with Crippen LogP contribution in [0.5, 0.6) is 0 Å². The molecule has 0 amide bonds. The molecule has 1 aromatic rings. The van der Waals surface area contributed by atoms with E-state index in [1.54, 1.807) is 0 Å². The number of terminal acetylenes is 1. The maximum Gasteiger partial charge on any atom is 0.168 e. The number of rotatable bonds is 3. The fourth-order valence-corrected chi connectivity index (χ4v) is 0.852. The van der Waals surface area contributed by atoms with Gasteiger partial charge in [0.25, 0.3) is 0 Å².